The van der Waals surface area contributed by atoms with Crippen LogP contribution in [0, 0.1) is 5.92 Å². The lowest BCUT2D eigenvalue weighted by Gasteiger charge is -2.43. The summed E-state index contributed by atoms with van der Waals surface area (Å²) in [6, 6.07) is -0.440. The van der Waals surface area contributed by atoms with E-state index in [1.165, 1.54) is 25.5 Å². The van der Waals surface area contributed by atoms with E-state index in [9.17, 15) is 29.1 Å². The fourth-order valence-corrected chi connectivity index (χ4v) is 3.80. The Morgan fingerprint density at radius 1 is 1.50 bits per heavy atom. The van der Waals surface area contributed by atoms with Crippen molar-refractivity contribution in [2.24, 2.45) is 5.92 Å². The Morgan fingerprint density at radius 2 is 2.14 bits per heavy atom. The molecule has 22 heavy (non-hydrogen) atoms. The molecule has 4 atom stereocenters. The molecule has 1 saturated heterocycles. The number of carboxylic acid groups (broad SMARTS) is 1. The zero-order valence-electron chi connectivity index (χ0n) is 12.0. The molecule has 8 nitrogen and oxygen atoms in total. The van der Waals surface area contributed by atoms with Gasteiger partial charge in [0.05, 0.1) is 24.3 Å². The zero-order chi connectivity index (χ0) is 16.6. The van der Waals surface area contributed by atoms with Crippen LogP contribution in [0.1, 0.15) is 20.3 Å². The molecule has 2 aliphatic rings. The Morgan fingerprint density at radius 3 is 2.64 bits per heavy atom. The highest BCUT2D eigenvalue weighted by molar-refractivity contribution is 7.98. The molecule has 120 valence electrons. The van der Waals surface area contributed by atoms with Crippen LogP contribution in [0.5, 0.6) is 0 Å². The Hall–Kier alpha value is -1.84. The summed E-state index contributed by atoms with van der Waals surface area (Å²) in [5.41, 5.74) is -0.231. The van der Waals surface area contributed by atoms with Gasteiger partial charge in [-0.3, -0.25) is 14.5 Å². The standard InChI is InChI=1S/C13H16N2O6S/c1-6(16)10-8-5-9(22(21)4-3-14-7(2)17)11(13(19)20)15(8)12(10)18/h3-4,6,8,10,16,21H,5H2,1-2H3,(H-,14,17,19,20)/p+1. The molecule has 2 rings (SSSR count). The molecule has 1 fully saturated rings. The molecule has 0 bridgehead atoms. The normalized spacial score (nSPS) is 26.7. The van der Waals surface area contributed by atoms with Gasteiger partial charge in [-0.05, 0) is 6.92 Å². The summed E-state index contributed by atoms with van der Waals surface area (Å²) in [7, 11) is 0. The maximum absolute atomic E-state index is 12.0. The number of aliphatic hydroxyl groups excluding tert-OH is 1. The molecule has 0 saturated carbocycles. The molecule has 2 aliphatic heterocycles. The van der Waals surface area contributed by atoms with Crippen LogP contribution in [0.15, 0.2) is 22.2 Å². The van der Waals surface area contributed by atoms with Gasteiger partial charge in [0.25, 0.3) is 0 Å². The number of carboxylic acids is 1. The quantitative estimate of drug-likeness (QED) is 0.401. The molecule has 0 aliphatic carbocycles. The van der Waals surface area contributed by atoms with Crippen molar-refractivity contribution in [2.45, 2.75) is 32.4 Å². The molecule has 4 unspecified atom stereocenters. The van der Waals surface area contributed by atoms with Crippen LogP contribution in [-0.4, -0.2) is 49.6 Å². The van der Waals surface area contributed by atoms with Crippen LogP contribution in [0.2, 0.25) is 0 Å². The van der Waals surface area contributed by atoms with Crippen LogP contribution in [0.4, 0.5) is 0 Å². The minimum atomic E-state index is -1.53. The number of nitrogens with zero attached hydrogens (tertiary/aromatic N) is 1. The lowest BCUT2D eigenvalue weighted by atomic mass is 9.83. The van der Waals surface area contributed by atoms with Crippen LogP contribution >= 0.6 is 0 Å². The predicted molar refractivity (Wildman–Crippen MR) is 78.0 cm³/mol. The van der Waals surface area contributed by atoms with E-state index in [1.54, 1.807) is 0 Å². The number of hydrogen-bond donors (Lipinski definition) is 4. The first-order chi connectivity index (χ1) is 10.3. The van der Waals surface area contributed by atoms with Crippen molar-refractivity contribution < 1.29 is 29.1 Å². The average molecular weight is 329 g/mol. The zero-order valence-corrected chi connectivity index (χ0v) is 12.8. The number of hydrogen-bond acceptors (Lipinski definition) is 5. The molecule has 0 spiro atoms. The van der Waals surface area contributed by atoms with E-state index < -0.39 is 41.1 Å². The van der Waals surface area contributed by atoms with Gasteiger partial charge in [0, 0.05) is 13.3 Å². The van der Waals surface area contributed by atoms with Gasteiger partial charge >= 0.3 is 5.97 Å². The highest BCUT2D eigenvalue weighted by atomic mass is 32.2. The highest BCUT2D eigenvalue weighted by Gasteiger charge is 2.60. The van der Waals surface area contributed by atoms with Crippen molar-refractivity contribution in [2.75, 3.05) is 0 Å². The van der Waals surface area contributed by atoms with Gasteiger partial charge in [0.1, 0.15) is 0 Å². The number of aliphatic carboxylic acids is 1. The highest BCUT2D eigenvalue weighted by Crippen LogP contribution is 2.45. The Balaban J connectivity index is 2.23. The fraction of sp³-hybridized carbons (Fsp3) is 0.462. The third-order valence-corrected chi connectivity index (χ3v) is 4.89. The van der Waals surface area contributed by atoms with Gasteiger partial charge in [-0.2, -0.15) is 4.55 Å². The lowest BCUT2D eigenvalue weighted by Crippen LogP contribution is -2.61. The van der Waals surface area contributed by atoms with E-state index in [-0.39, 0.29) is 22.9 Å². The van der Waals surface area contributed by atoms with E-state index in [0.717, 1.165) is 4.90 Å². The summed E-state index contributed by atoms with van der Waals surface area (Å²) in [6.45, 7) is 2.78. The van der Waals surface area contributed by atoms with E-state index >= 15 is 0 Å². The summed E-state index contributed by atoms with van der Waals surface area (Å²) in [6.07, 6.45) is 0.549. The molecule has 0 radical (unpaired) electrons. The number of amides is 2. The van der Waals surface area contributed by atoms with Gasteiger partial charge in [-0.1, -0.05) is 0 Å². The molecule has 0 aromatic heterocycles. The number of carbonyl (C=O) groups is 3. The Kier molecular flexibility index (Phi) is 4.59. The van der Waals surface area contributed by atoms with E-state index in [2.05, 4.69) is 5.32 Å². The van der Waals surface area contributed by atoms with Crippen LogP contribution in [0.3, 0.4) is 0 Å². The van der Waals surface area contributed by atoms with Crippen molar-refractivity contribution in [3.05, 3.63) is 22.2 Å². The van der Waals surface area contributed by atoms with Crippen molar-refractivity contribution in [3.8, 4) is 0 Å². The molecular weight excluding hydrogens is 312 g/mol. The first kappa shape index (κ1) is 16.5. The lowest BCUT2D eigenvalue weighted by molar-refractivity contribution is -0.161. The van der Waals surface area contributed by atoms with Gasteiger partial charge in [0.2, 0.25) is 27.9 Å². The second-order valence-electron chi connectivity index (χ2n) is 5.14. The largest absolute Gasteiger partial charge is 0.476 e. The predicted octanol–water partition coefficient (Wildman–Crippen LogP) is -0.407. The van der Waals surface area contributed by atoms with Crippen LogP contribution in [0.25, 0.3) is 0 Å². The monoisotopic (exact) mass is 329 g/mol. The van der Waals surface area contributed by atoms with Crippen molar-refractivity contribution in [3.63, 3.8) is 0 Å². The smallest absolute Gasteiger partial charge is 0.357 e. The molecule has 2 heterocycles. The SMILES string of the molecule is CC(=O)NC=C[S+](O)C1=C(C(=O)O)N2C(=O)C(C(C)O)C2C1. The third kappa shape index (κ3) is 2.74. The summed E-state index contributed by atoms with van der Waals surface area (Å²) in [5.74, 6) is -2.71. The van der Waals surface area contributed by atoms with E-state index in [4.69, 9.17) is 0 Å². The maximum Gasteiger partial charge on any atom is 0.357 e. The van der Waals surface area contributed by atoms with E-state index in [1.807, 2.05) is 0 Å². The minimum absolute atomic E-state index is 0.187. The number of β-lactam (4-membered cyclic amide) rings is 1. The second-order valence-corrected chi connectivity index (χ2v) is 6.53. The maximum atomic E-state index is 12.0. The summed E-state index contributed by atoms with van der Waals surface area (Å²) in [4.78, 5) is 35.5. The second kappa shape index (κ2) is 6.11. The van der Waals surface area contributed by atoms with Gasteiger partial charge < -0.3 is 15.5 Å². The van der Waals surface area contributed by atoms with Crippen molar-refractivity contribution in [1.82, 2.24) is 10.2 Å². The van der Waals surface area contributed by atoms with Gasteiger partial charge in [-0.25, -0.2) is 4.79 Å². The fourth-order valence-electron chi connectivity index (χ4n) is 2.71. The first-order valence-corrected chi connectivity index (χ1v) is 7.83. The third-order valence-electron chi connectivity index (χ3n) is 3.63. The number of aliphatic hydroxyl groups is 1. The molecular formula is C13H17N2O6S+. The number of carbonyl (C=O) groups excluding carboxylic acids is 2. The van der Waals surface area contributed by atoms with Crippen LogP contribution < -0.4 is 5.32 Å². The molecule has 4 N–H and O–H groups in total. The number of nitrogens with one attached hydrogen (secondary N) is 1. The molecule has 0 aromatic rings. The summed E-state index contributed by atoms with van der Waals surface area (Å²) in [5, 5.41) is 22.5. The Labute approximate surface area is 129 Å². The average Bonchev–Trinajstić information content (AvgIpc) is 2.72. The minimum Gasteiger partial charge on any atom is -0.476 e. The first-order valence-electron chi connectivity index (χ1n) is 6.59. The molecule has 2 amide bonds. The number of rotatable bonds is 5. The van der Waals surface area contributed by atoms with Crippen LogP contribution in [-0.2, 0) is 25.6 Å². The van der Waals surface area contributed by atoms with E-state index in [0.29, 0.717) is 0 Å². The summed E-state index contributed by atoms with van der Waals surface area (Å²) >= 11 is -1.53. The summed E-state index contributed by atoms with van der Waals surface area (Å²) < 4.78 is 10.1. The molecule has 9 heteroatoms. The van der Waals surface area contributed by atoms with Gasteiger partial charge in [0.15, 0.2) is 11.1 Å². The van der Waals surface area contributed by atoms with Crippen molar-refractivity contribution in [1.29, 1.82) is 0 Å². The van der Waals surface area contributed by atoms with Gasteiger partial charge in [-0.15, -0.1) is 0 Å². The van der Waals surface area contributed by atoms with Crippen molar-refractivity contribution >= 4 is 29.0 Å². The molecule has 0 aromatic carbocycles. The Bertz CT molecular complexity index is 585. The number of fused-ring (bicyclic) bond motifs is 1. The topological polar surface area (TPSA) is 127 Å².